The van der Waals surface area contributed by atoms with Crippen molar-refractivity contribution in [1.82, 2.24) is 14.8 Å². The number of nitrogens with zero attached hydrogens (tertiary/aromatic N) is 3. The lowest BCUT2D eigenvalue weighted by Crippen LogP contribution is -2.18. The fourth-order valence-electron chi connectivity index (χ4n) is 1.60. The highest BCUT2D eigenvalue weighted by Crippen LogP contribution is 2.38. The van der Waals surface area contributed by atoms with E-state index in [0.29, 0.717) is 5.16 Å². The number of carbonyl (C=O) groups is 1. The molecule has 1 aromatic heterocycles. The third kappa shape index (κ3) is 3.92. The Kier molecular flexibility index (Phi) is 4.97. The summed E-state index contributed by atoms with van der Waals surface area (Å²) in [4.78, 5) is 11.8. The number of hydrogen-bond acceptors (Lipinski definition) is 4. The molecule has 118 valence electrons. The number of halogens is 4. The zero-order valence-corrected chi connectivity index (χ0v) is 12.8. The molecule has 0 spiro atoms. The number of hydrogen-bond donors (Lipinski definition) is 1. The number of para-hydroxylation sites is 1. The predicted molar refractivity (Wildman–Crippen MR) is 76.8 cm³/mol. The van der Waals surface area contributed by atoms with Gasteiger partial charge >= 0.3 is 6.18 Å². The van der Waals surface area contributed by atoms with Crippen LogP contribution in [0.15, 0.2) is 29.7 Å². The summed E-state index contributed by atoms with van der Waals surface area (Å²) in [6, 6.07) is 3.31. The van der Waals surface area contributed by atoms with Gasteiger partial charge in [0.1, 0.15) is 6.33 Å². The maximum Gasteiger partial charge on any atom is 0.418 e. The van der Waals surface area contributed by atoms with Crippen molar-refractivity contribution in [2.45, 2.75) is 11.3 Å². The van der Waals surface area contributed by atoms with E-state index < -0.39 is 23.3 Å². The van der Waals surface area contributed by atoms with Gasteiger partial charge < -0.3 is 9.88 Å². The van der Waals surface area contributed by atoms with Crippen LogP contribution in [0.3, 0.4) is 0 Å². The van der Waals surface area contributed by atoms with Gasteiger partial charge in [0.05, 0.1) is 22.0 Å². The van der Waals surface area contributed by atoms with E-state index in [1.807, 2.05) is 0 Å². The first-order valence-electron chi connectivity index (χ1n) is 5.91. The number of nitrogens with one attached hydrogen (secondary N) is 1. The van der Waals surface area contributed by atoms with E-state index in [9.17, 15) is 18.0 Å². The molecule has 0 aliphatic heterocycles. The van der Waals surface area contributed by atoms with Crippen LogP contribution in [0.25, 0.3) is 0 Å². The Morgan fingerprint density at radius 1 is 1.45 bits per heavy atom. The Morgan fingerprint density at radius 2 is 2.18 bits per heavy atom. The summed E-state index contributed by atoms with van der Waals surface area (Å²) in [5, 5.41) is 9.89. The number of anilines is 1. The Hall–Kier alpha value is -1.74. The third-order valence-corrected chi connectivity index (χ3v) is 3.93. The monoisotopic (exact) mass is 350 g/mol. The molecule has 0 aliphatic carbocycles. The molecule has 1 amide bonds. The van der Waals surface area contributed by atoms with E-state index in [-0.39, 0.29) is 10.8 Å². The normalized spacial score (nSPS) is 11.5. The van der Waals surface area contributed by atoms with Gasteiger partial charge in [0.2, 0.25) is 5.91 Å². The Morgan fingerprint density at radius 3 is 2.77 bits per heavy atom. The fraction of sp³-hybridized carbons (Fsp3) is 0.250. The lowest BCUT2D eigenvalue weighted by atomic mass is 10.1. The molecule has 1 aromatic carbocycles. The first-order chi connectivity index (χ1) is 10.3. The van der Waals surface area contributed by atoms with Crippen molar-refractivity contribution in [3.8, 4) is 0 Å². The molecule has 0 radical (unpaired) electrons. The van der Waals surface area contributed by atoms with E-state index in [1.54, 1.807) is 11.6 Å². The molecule has 1 heterocycles. The molecule has 22 heavy (non-hydrogen) atoms. The Labute approximate surface area is 132 Å². The molecule has 10 heteroatoms. The van der Waals surface area contributed by atoms with Crippen LogP contribution in [0.4, 0.5) is 18.9 Å². The molecule has 0 fully saturated rings. The van der Waals surface area contributed by atoms with Crippen LogP contribution < -0.4 is 5.32 Å². The van der Waals surface area contributed by atoms with Gasteiger partial charge in [0, 0.05) is 7.05 Å². The molecule has 2 aromatic rings. The van der Waals surface area contributed by atoms with Crippen LogP contribution in [-0.4, -0.2) is 26.4 Å². The van der Waals surface area contributed by atoms with Crippen molar-refractivity contribution in [2.24, 2.45) is 7.05 Å². The second-order valence-electron chi connectivity index (χ2n) is 4.22. The van der Waals surface area contributed by atoms with E-state index >= 15 is 0 Å². The number of aryl methyl sites for hydroxylation is 1. The second-order valence-corrected chi connectivity index (χ2v) is 5.57. The summed E-state index contributed by atoms with van der Waals surface area (Å²) >= 11 is 6.81. The smallest absolute Gasteiger partial charge is 0.324 e. The van der Waals surface area contributed by atoms with Crippen molar-refractivity contribution < 1.29 is 18.0 Å². The van der Waals surface area contributed by atoms with Crippen LogP contribution in [0.1, 0.15) is 5.56 Å². The van der Waals surface area contributed by atoms with Crippen molar-refractivity contribution in [3.05, 3.63) is 35.1 Å². The van der Waals surface area contributed by atoms with Gasteiger partial charge in [-0.25, -0.2) is 0 Å². The predicted octanol–water partition coefficient (Wildman–Crippen LogP) is 3.22. The van der Waals surface area contributed by atoms with Crippen LogP contribution in [0.2, 0.25) is 5.02 Å². The zero-order valence-electron chi connectivity index (χ0n) is 11.2. The number of alkyl halides is 3. The Balaban J connectivity index is 2.10. The molecular formula is C12H10ClF3N4OS. The van der Waals surface area contributed by atoms with Gasteiger partial charge in [-0.05, 0) is 12.1 Å². The van der Waals surface area contributed by atoms with Crippen LogP contribution >= 0.6 is 23.4 Å². The molecule has 0 bridgehead atoms. The van der Waals surface area contributed by atoms with Gasteiger partial charge in [-0.15, -0.1) is 10.2 Å². The summed E-state index contributed by atoms with van der Waals surface area (Å²) in [6.07, 6.45) is -3.15. The summed E-state index contributed by atoms with van der Waals surface area (Å²) in [6.45, 7) is 0. The number of benzene rings is 1. The van der Waals surface area contributed by atoms with E-state index in [0.717, 1.165) is 17.8 Å². The minimum Gasteiger partial charge on any atom is -0.324 e. The van der Waals surface area contributed by atoms with Gasteiger partial charge in [-0.1, -0.05) is 29.4 Å². The standard InChI is InChI=1S/C12H10ClF3N4OS/c1-20-6-17-19-11(20)22-5-9(21)18-10-7(12(14,15)16)3-2-4-8(10)13/h2-4,6H,5H2,1H3,(H,18,21). The molecule has 0 saturated heterocycles. The molecular weight excluding hydrogens is 341 g/mol. The van der Waals surface area contributed by atoms with Crippen LogP contribution in [0.5, 0.6) is 0 Å². The lowest BCUT2D eigenvalue weighted by molar-refractivity contribution is -0.137. The highest BCUT2D eigenvalue weighted by atomic mass is 35.5. The lowest BCUT2D eigenvalue weighted by Gasteiger charge is -2.14. The minimum atomic E-state index is -4.61. The van der Waals surface area contributed by atoms with E-state index in [2.05, 4.69) is 15.5 Å². The number of aromatic nitrogens is 3. The molecule has 1 N–H and O–H groups in total. The number of carbonyl (C=O) groups excluding carboxylic acids is 1. The van der Waals surface area contributed by atoms with Crippen LogP contribution in [-0.2, 0) is 18.0 Å². The fourth-order valence-corrected chi connectivity index (χ4v) is 2.51. The molecule has 0 saturated carbocycles. The highest BCUT2D eigenvalue weighted by Gasteiger charge is 2.34. The highest BCUT2D eigenvalue weighted by molar-refractivity contribution is 7.99. The first kappa shape index (κ1) is 16.6. The van der Waals surface area contributed by atoms with Crippen molar-refractivity contribution in [1.29, 1.82) is 0 Å². The average molecular weight is 351 g/mol. The summed E-state index contributed by atoms with van der Waals surface area (Å²) < 4.78 is 40.3. The van der Waals surface area contributed by atoms with E-state index in [4.69, 9.17) is 11.6 Å². The second kappa shape index (κ2) is 6.57. The minimum absolute atomic E-state index is 0.116. The number of thioether (sulfide) groups is 1. The first-order valence-corrected chi connectivity index (χ1v) is 7.27. The van der Waals surface area contributed by atoms with E-state index in [1.165, 1.54) is 18.5 Å². The molecule has 2 rings (SSSR count). The molecule has 0 atom stereocenters. The maximum atomic E-state index is 12.9. The largest absolute Gasteiger partial charge is 0.418 e. The van der Waals surface area contributed by atoms with Gasteiger partial charge in [-0.2, -0.15) is 13.2 Å². The topological polar surface area (TPSA) is 59.8 Å². The quantitative estimate of drug-likeness (QED) is 0.860. The van der Waals surface area contributed by atoms with Gasteiger partial charge in [-0.3, -0.25) is 4.79 Å². The molecule has 5 nitrogen and oxygen atoms in total. The summed E-state index contributed by atoms with van der Waals surface area (Å²) in [5.74, 6) is -0.735. The Bertz CT molecular complexity index is 689. The van der Waals surface area contributed by atoms with Gasteiger partial charge in [0.25, 0.3) is 0 Å². The van der Waals surface area contributed by atoms with Crippen molar-refractivity contribution in [2.75, 3.05) is 11.1 Å². The van der Waals surface area contributed by atoms with Gasteiger partial charge in [0.15, 0.2) is 5.16 Å². The molecule has 0 unspecified atom stereocenters. The average Bonchev–Trinajstić information content (AvgIpc) is 2.83. The SMILES string of the molecule is Cn1cnnc1SCC(=O)Nc1c(Cl)cccc1C(F)(F)F. The number of rotatable bonds is 4. The summed E-state index contributed by atoms with van der Waals surface area (Å²) in [5.41, 5.74) is -1.43. The molecule has 0 aliphatic rings. The summed E-state index contributed by atoms with van der Waals surface area (Å²) in [7, 11) is 1.69. The number of amides is 1. The third-order valence-electron chi connectivity index (χ3n) is 2.59. The van der Waals surface area contributed by atoms with Crippen molar-refractivity contribution >= 4 is 35.0 Å². The van der Waals surface area contributed by atoms with Crippen molar-refractivity contribution in [3.63, 3.8) is 0 Å². The van der Waals surface area contributed by atoms with Crippen LogP contribution in [0, 0.1) is 0 Å². The maximum absolute atomic E-state index is 12.9. The zero-order chi connectivity index (χ0) is 16.3.